The van der Waals surface area contributed by atoms with Gasteiger partial charge in [0.1, 0.15) is 0 Å². The average Bonchev–Trinajstić information content (AvgIpc) is 3.18. The van der Waals surface area contributed by atoms with Crippen molar-refractivity contribution in [2.24, 2.45) is 0 Å². The molecule has 2 N–H and O–H groups in total. The fourth-order valence-electron chi connectivity index (χ4n) is 3.49. The standard InChI is InChI=1S/C21H26ClN3O/c1-15-8-6-11-18(22)20(15)24-21(26)25(14-17-9-4-3-5-10-17)16(2)19-12-7-13-23-19/h3-6,8-11,16,19,23H,7,12-14H2,1-2H3,(H,24,26). The maximum absolute atomic E-state index is 13.1. The monoisotopic (exact) mass is 371 g/mol. The van der Waals surface area contributed by atoms with Crippen molar-refractivity contribution in [1.82, 2.24) is 10.2 Å². The Morgan fingerprint density at radius 2 is 2.04 bits per heavy atom. The van der Waals surface area contributed by atoms with Gasteiger partial charge in [-0.3, -0.25) is 0 Å². The largest absolute Gasteiger partial charge is 0.322 e. The Morgan fingerprint density at radius 3 is 2.69 bits per heavy atom. The highest BCUT2D eigenvalue weighted by Crippen LogP contribution is 2.26. The Labute approximate surface area is 160 Å². The molecule has 2 aromatic rings. The van der Waals surface area contributed by atoms with Crippen LogP contribution in [0.15, 0.2) is 48.5 Å². The zero-order valence-corrected chi connectivity index (χ0v) is 16.1. The molecule has 1 heterocycles. The lowest BCUT2D eigenvalue weighted by Gasteiger charge is -2.33. The summed E-state index contributed by atoms with van der Waals surface area (Å²) >= 11 is 6.30. The van der Waals surface area contributed by atoms with Gasteiger partial charge in [-0.25, -0.2) is 4.79 Å². The summed E-state index contributed by atoms with van der Waals surface area (Å²) < 4.78 is 0. The maximum Gasteiger partial charge on any atom is 0.322 e. The van der Waals surface area contributed by atoms with Gasteiger partial charge < -0.3 is 15.5 Å². The van der Waals surface area contributed by atoms with E-state index in [0.29, 0.717) is 23.3 Å². The first-order valence-corrected chi connectivity index (χ1v) is 9.54. The number of carbonyl (C=O) groups excluding carboxylic acids is 1. The number of urea groups is 1. The van der Waals surface area contributed by atoms with Crippen LogP contribution in [0.5, 0.6) is 0 Å². The summed E-state index contributed by atoms with van der Waals surface area (Å²) in [6, 6.07) is 16.0. The number of carbonyl (C=O) groups is 1. The number of nitrogens with zero attached hydrogens (tertiary/aromatic N) is 1. The van der Waals surface area contributed by atoms with Crippen LogP contribution in [0.25, 0.3) is 0 Å². The minimum atomic E-state index is -0.119. The third-order valence-electron chi connectivity index (χ3n) is 5.08. The lowest BCUT2D eigenvalue weighted by molar-refractivity contribution is 0.174. The lowest BCUT2D eigenvalue weighted by atomic mass is 10.1. The molecule has 3 rings (SSSR count). The summed E-state index contributed by atoms with van der Waals surface area (Å²) in [5.41, 5.74) is 2.75. The number of hydrogen-bond donors (Lipinski definition) is 2. The Balaban J connectivity index is 1.82. The molecule has 1 aliphatic rings. The second kappa shape index (κ2) is 8.56. The second-order valence-corrected chi connectivity index (χ2v) is 7.33. The fraction of sp³-hybridized carbons (Fsp3) is 0.381. The van der Waals surface area contributed by atoms with Crippen LogP contribution in [-0.4, -0.2) is 29.6 Å². The number of benzene rings is 2. The van der Waals surface area contributed by atoms with E-state index >= 15 is 0 Å². The highest BCUT2D eigenvalue weighted by Gasteiger charge is 2.29. The predicted octanol–water partition coefficient (Wildman–Crippen LogP) is 4.82. The van der Waals surface area contributed by atoms with Crippen LogP contribution in [0.4, 0.5) is 10.5 Å². The summed E-state index contributed by atoms with van der Waals surface area (Å²) in [4.78, 5) is 15.1. The molecule has 1 saturated heterocycles. The molecule has 5 heteroatoms. The van der Waals surface area contributed by atoms with Crippen molar-refractivity contribution in [3.63, 3.8) is 0 Å². The minimum absolute atomic E-state index is 0.0838. The molecule has 0 radical (unpaired) electrons. The third-order valence-corrected chi connectivity index (χ3v) is 5.40. The highest BCUT2D eigenvalue weighted by atomic mass is 35.5. The van der Waals surface area contributed by atoms with Gasteiger partial charge in [0.15, 0.2) is 0 Å². The van der Waals surface area contributed by atoms with E-state index in [1.807, 2.05) is 42.2 Å². The van der Waals surface area contributed by atoms with Crippen LogP contribution in [-0.2, 0) is 6.54 Å². The van der Waals surface area contributed by atoms with Crippen molar-refractivity contribution >= 4 is 23.3 Å². The predicted molar refractivity (Wildman–Crippen MR) is 108 cm³/mol. The number of halogens is 1. The number of rotatable bonds is 5. The Hall–Kier alpha value is -2.04. The fourth-order valence-corrected chi connectivity index (χ4v) is 3.76. The minimum Gasteiger partial charge on any atom is -0.316 e. The summed E-state index contributed by atoms with van der Waals surface area (Å²) in [6.45, 7) is 5.64. The Kier molecular flexibility index (Phi) is 6.17. The summed E-state index contributed by atoms with van der Waals surface area (Å²) in [5, 5.41) is 7.11. The Bertz CT molecular complexity index is 724. The van der Waals surface area contributed by atoms with E-state index in [1.165, 1.54) is 0 Å². The molecule has 1 fully saturated rings. The molecule has 2 unspecified atom stereocenters. The van der Waals surface area contributed by atoms with Gasteiger partial charge in [0.2, 0.25) is 0 Å². The zero-order valence-electron chi connectivity index (χ0n) is 15.3. The molecule has 0 bridgehead atoms. The molecular formula is C21H26ClN3O. The van der Waals surface area contributed by atoms with E-state index in [4.69, 9.17) is 11.6 Å². The van der Waals surface area contributed by atoms with E-state index in [-0.39, 0.29) is 12.1 Å². The van der Waals surface area contributed by atoms with Crippen LogP contribution >= 0.6 is 11.6 Å². The number of hydrogen-bond acceptors (Lipinski definition) is 2. The van der Waals surface area contributed by atoms with Gasteiger partial charge in [0, 0.05) is 18.6 Å². The summed E-state index contributed by atoms with van der Waals surface area (Å²) in [6.07, 6.45) is 2.24. The number of para-hydroxylation sites is 1. The number of anilines is 1. The van der Waals surface area contributed by atoms with Gasteiger partial charge in [-0.15, -0.1) is 0 Å². The van der Waals surface area contributed by atoms with Crippen molar-refractivity contribution < 1.29 is 4.79 Å². The maximum atomic E-state index is 13.1. The molecule has 0 aromatic heterocycles. The van der Waals surface area contributed by atoms with Crippen LogP contribution in [0.2, 0.25) is 5.02 Å². The molecule has 0 saturated carbocycles. The van der Waals surface area contributed by atoms with Gasteiger partial charge in [-0.05, 0) is 50.4 Å². The molecule has 26 heavy (non-hydrogen) atoms. The summed E-state index contributed by atoms with van der Waals surface area (Å²) in [5.74, 6) is 0. The van der Waals surface area contributed by atoms with E-state index in [2.05, 4.69) is 29.7 Å². The van der Waals surface area contributed by atoms with Crippen LogP contribution < -0.4 is 10.6 Å². The van der Waals surface area contributed by atoms with Crippen molar-refractivity contribution in [3.8, 4) is 0 Å². The smallest absolute Gasteiger partial charge is 0.316 e. The molecule has 2 atom stereocenters. The number of aryl methyl sites for hydroxylation is 1. The van der Waals surface area contributed by atoms with Crippen LogP contribution in [0, 0.1) is 6.92 Å². The first-order chi connectivity index (χ1) is 12.6. The Morgan fingerprint density at radius 1 is 1.27 bits per heavy atom. The van der Waals surface area contributed by atoms with Crippen molar-refractivity contribution in [2.75, 3.05) is 11.9 Å². The van der Waals surface area contributed by atoms with Crippen molar-refractivity contribution in [1.29, 1.82) is 0 Å². The molecule has 0 spiro atoms. The normalized spacial score (nSPS) is 17.7. The molecule has 138 valence electrons. The van der Waals surface area contributed by atoms with E-state index < -0.39 is 0 Å². The SMILES string of the molecule is Cc1cccc(Cl)c1NC(=O)N(Cc1ccccc1)C(C)C1CCCN1. The van der Waals surface area contributed by atoms with Gasteiger partial charge >= 0.3 is 6.03 Å². The van der Waals surface area contributed by atoms with Crippen molar-refractivity contribution in [2.45, 2.75) is 45.3 Å². The molecule has 2 amide bonds. The lowest BCUT2D eigenvalue weighted by Crippen LogP contribution is -2.49. The van der Waals surface area contributed by atoms with Gasteiger partial charge in [0.05, 0.1) is 10.7 Å². The topological polar surface area (TPSA) is 44.4 Å². The molecule has 1 aliphatic heterocycles. The van der Waals surface area contributed by atoms with E-state index in [0.717, 1.165) is 30.5 Å². The first-order valence-electron chi connectivity index (χ1n) is 9.16. The highest BCUT2D eigenvalue weighted by molar-refractivity contribution is 6.33. The second-order valence-electron chi connectivity index (χ2n) is 6.92. The summed E-state index contributed by atoms with van der Waals surface area (Å²) in [7, 11) is 0. The molecule has 0 aliphatic carbocycles. The molecule has 2 aromatic carbocycles. The number of amides is 2. The number of nitrogens with one attached hydrogen (secondary N) is 2. The van der Waals surface area contributed by atoms with Crippen molar-refractivity contribution in [3.05, 3.63) is 64.7 Å². The van der Waals surface area contributed by atoms with Gasteiger partial charge in [-0.1, -0.05) is 54.1 Å². The molecular weight excluding hydrogens is 346 g/mol. The van der Waals surface area contributed by atoms with Gasteiger partial charge in [0.25, 0.3) is 0 Å². The third kappa shape index (κ3) is 4.37. The average molecular weight is 372 g/mol. The van der Waals surface area contributed by atoms with Crippen LogP contribution in [0.3, 0.4) is 0 Å². The van der Waals surface area contributed by atoms with E-state index in [9.17, 15) is 4.79 Å². The first kappa shape index (κ1) is 18.7. The van der Waals surface area contributed by atoms with Gasteiger partial charge in [-0.2, -0.15) is 0 Å². The zero-order chi connectivity index (χ0) is 18.5. The quantitative estimate of drug-likeness (QED) is 0.791. The van der Waals surface area contributed by atoms with Crippen LogP contribution in [0.1, 0.15) is 30.9 Å². The molecule has 4 nitrogen and oxygen atoms in total. The van der Waals surface area contributed by atoms with E-state index in [1.54, 1.807) is 6.07 Å².